The molecule has 2 rings (SSSR count). The van der Waals surface area contributed by atoms with Crippen molar-refractivity contribution in [1.29, 1.82) is 0 Å². The zero-order valence-electron chi connectivity index (χ0n) is 13.9. The predicted molar refractivity (Wildman–Crippen MR) is 88.2 cm³/mol. The zero-order valence-corrected chi connectivity index (χ0v) is 14.7. The summed E-state index contributed by atoms with van der Waals surface area (Å²) in [5, 5.41) is 10.5. The SMILES string of the molecule is CN(c1ccccc1C1CCNCC1)S(C)(=O)=O.O=C(O)C(F)(F)F. The first-order chi connectivity index (χ1) is 11.4. The minimum absolute atomic E-state index is 0.451. The molecule has 1 aromatic rings. The Hall–Kier alpha value is -1.81. The van der Waals surface area contributed by atoms with Crippen molar-refractivity contribution in [3.63, 3.8) is 0 Å². The van der Waals surface area contributed by atoms with E-state index in [4.69, 9.17) is 9.90 Å². The maximum absolute atomic E-state index is 11.7. The minimum atomic E-state index is -5.08. The number of halogens is 3. The molecule has 6 nitrogen and oxygen atoms in total. The van der Waals surface area contributed by atoms with E-state index in [0.29, 0.717) is 5.92 Å². The van der Waals surface area contributed by atoms with Crippen molar-refractivity contribution in [1.82, 2.24) is 5.32 Å². The largest absolute Gasteiger partial charge is 0.490 e. The molecule has 1 saturated heterocycles. The fourth-order valence-corrected chi connectivity index (χ4v) is 2.95. The van der Waals surface area contributed by atoms with E-state index in [1.54, 1.807) is 7.05 Å². The Bertz CT molecular complexity index is 686. The molecule has 0 amide bonds. The van der Waals surface area contributed by atoms with Crippen molar-refractivity contribution < 1.29 is 31.5 Å². The van der Waals surface area contributed by atoms with Gasteiger partial charge in [0.1, 0.15) is 0 Å². The molecule has 0 atom stereocenters. The van der Waals surface area contributed by atoms with Crippen LogP contribution in [0.15, 0.2) is 24.3 Å². The predicted octanol–water partition coefficient (Wildman–Crippen LogP) is 2.18. The molecule has 0 bridgehead atoms. The van der Waals surface area contributed by atoms with Gasteiger partial charge in [-0.05, 0) is 43.5 Å². The van der Waals surface area contributed by atoms with Crippen LogP contribution in [0.5, 0.6) is 0 Å². The van der Waals surface area contributed by atoms with Gasteiger partial charge >= 0.3 is 12.1 Å². The molecule has 0 radical (unpaired) electrons. The Labute approximate surface area is 144 Å². The molecule has 0 aromatic heterocycles. The second-order valence-corrected chi connectivity index (χ2v) is 7.63. The van der Waals surface area contributed by atoms with Crippen molar-refractivity contribution in [2.24, 2.45) is 0 Å². The summed E-state index contributed by atoms with van der Waals surface area (Å²) in [6.45, 7) is 2.00. The number of piperidine rings is 1. The summed E-state index contributed by atoms with van der Waals surface area (Å²) < 4.78 is 56.5. The van der Waals surface area contributed by atoms with Gasteiger partial charge in [-0.1, -0.05) is 18.2 Å². The van der Waals surface area contributed by atoms with Crippen LogP contribution in [0.1, 0.15) is 24.3 Å². The number of hydrogen-bond donors (Lipinski definition) is 2. The first kappa shape index (κ1) is 21.2. The van der Waals surface area contributed by atoms with Crippen molar-refractivity contribution in [3.8, 4) is 0 Å². The van der Waals surface area contributed by atoms with E-state index in [2.05, 4.69) is 5.32 Å². The van der Waals surface area contributed by atoms with Crippen LogP contribution < -0.4 is 9.62 Å². The zero-order chi connectivity index (χ0) is 19.3. The van der Waals surface area contributed by atoms with Crippen LogP contribution in [0, 0.1) is 0 Å². The van der Waals surface area contributed by atoms with E-state index in [1.165, 1.54) is 10.6 Å². The number of para-hydroxylation sites is 1. The first-order valence-corrected chi connectivity index (χ1v) is 9.33. The van der Waals surface area contributed by atoms with E-state index in [1.807, 2.05) is 24.3 Å². The highest BCUT2D eigenvalue weighted by Gasteiger charge is 2.38. The monoisotopic (exact) mass is 382 g/mol. The summed E-state index contributed by atoms with van der Waals surface area (Å²) in [7, 11) is -1.58. The first-order valence-electron chi connectivity index (χ1n) is 7.48. The van der Waals surface area contributed by atoms with E-state index in [-0.39, 0.29) is 0 Å². The Balaban J connectivity index is 0.000000381. The highest BCUT2D eigenvalue weighted by atomic mass is 32.2. The van der Waals surface area contributed by atoms with E-state index in [9.17, 15) is 21.6 Å². The van der Waals surface area contributed by atoms with Crippen LogP contribution in [-0.4, -0.2) is 52.1 Å². The van der Waals surface area contributed by atoms with E-state index < -0.39 is 22.2 Å². The van der Waals surface area contributed by atoms with Crippen molar-refractivity contribution in [2.45, 2.75) is 24.9 Å². The average molecular weight is 382 g/mol. The molecule has 0 unspecified atom stereocenters. The topological polar surface area (TPSA) is 86.7 Å². The van der Waals surface area contributed by atoms with E-state index >= 15 is 0 Å². The number of nitrogens with one attached hydrogen (secondary N) is 1. The summed E-state index contributed by atoms with van der Waals surface area (Å²) in [6.07, 6.45) is -1.71. The van der Waals surface area contributed by atoms with Crippen LogP contribution in [0.25, 0.3) is 0 Å². The Morgan fingerprint density at radius 3 is 2.16 bits per heavy atom. The molecule has 1 aromatic carbocycles. The molecule has 0 saturated carbocycles. The molecule has 1 aliphatic rings. The maximum Gasteiger partial charge on any atom is 0.490 e. The fraction of sp³-hybridized carbons (Fsp3) is 0.533. The fourth-order valence-electron chi connectivity index (χ4n) is 2.43. The summed E-state index contributed by atoms with van der Waals surface area (Å²) in [5.41, 5.74) is 1.96. The van der Waals surface area contributed by atoms with Gasteiger partial charge in [0.25, 0.3) is 0 Å². The number of carboxylic acid groups (broad SMARTS) is 1. The molecule has 25 heavy (non-hydrogen) atoms. The quantitative estimate of drug-likeness (QED) is 0.837. The molecular formula is C15H21F3N2O4S. The molecule has 0 spiro atoms. The van der Waals surface area contributed by atoms with Crippen LogP contribution in [0.4, 0.5) is 18.9 Å². The molecule has 0 aliphatic carbocycles. The third-order valence-corrected chi connectivity index (χ3v) is 4.99. The second-order valence-electron chi connectivity index (χ2n) is 5.62. The van der Waals surface area contributed by atoms with Crippen LogP contribution in [0.3, 0.4) is 0 Å². The lowest BCUT2D eigenvalue weighted by molar-refractivity contribution is -0.192. The third kappa shape index (κ3) is 6.54. The van der Waals surface area contributed by atoms with Crippen LogP contribution in [0.2, 0.25) is 0 Å². The summed E-state index contributed by atoms with van der Waals surface area (Å²) in [5.74, 6) is -2.31. The summed E-state index contributed by atoms with van der Waals surface area (Å²) >= 11 is 0. The number of benzene rings is 1. The number of rotatable bonds is 3. The Morgan fingerprint density at radius 1 is 1.24 bits per heavy atom. The van der Waals surface area contributed by atoms with Gasteiger partial charge in [0.15, 0.2) is 0 Å². The summed E-state index contributed by atoms with van der Waals surface area (Å²) in [6, 6.07) is 7.81. The molecule has 142 valence electrons. The Kier molecular flexibility index (Phi) is 7.24. The highest BCUT2D eigenvalue weighted by molar-refractivity contribution is 7.92. The van der Waals surface area contributed by atoms with Crippen molar-refractivity contribution in [3.05, 3.63) is 29.8 Å². The van der Waals surface area contributed by atoms with Gasteiger partial charge in [-0.2, -0.15) is 13.2 Å². The van der Waals surface area contributed by atoms with Gasteiger partial charge in [0.2, 0.25) is 10.0 Å². The molecule has 10 heteroatoms. The standard InChI is InChI=1S/C13H20N2O2S.C2HF3O2/c1-15(18(2,16)17)13-6-4-3-5-12(13)11-7-9-14-10-8-11;3-2(4,5)1(6)7/h3-6,11,14H,7-10H2,1-2H3;(H,6,7). The lowest BCUT2D eigenvalue weighted by Crippen LogP contribution is -2.29. The van der Waals surface area contributed by atoms with Crippen molar-refractivity contribution >= 4 is 21.7 Å². The number of sulfonamides is 1. The lowest BCUT2D eigenvalue weighted by Gasteiger charge is -2.28. The van der Waals surface area contributed by atoms with Crippen LogP contribution in [-0.2, 0) is 14.8 Å². The van der Waals surface area contributed by atoms with Gasteiger partial charge < -0.3 is 10.4 Å². The normalized spacial score (nSPS) is 15.9. The minimum Gasteiger partial charge on any atom is -0.475 e. The summed E-state index contributed by atoms with van der Waals surface area (Å²) in [4.78, 5) is 8.90. The second kappa shape index (κ2) is 8.52. The van der Waals surface area contributed by atoms with Gasteiger partial charge in [-0.3, -0.25) is 4.31 Å². The number of nitrogens with zero attached hydrogens (tertiary/aromatic N) is 1. The molecule has 1 fully saturated rings. The van der Waals surface area contributed by atoms with Crippen molar-refractivity contribution in [2.75, 3.05) is 30.7 Å². The average Bonchev–Trinajstić information content (AvgIpc) is 2.54. The van der Waals surface area contributed by atoms with Crippen LogP contribution >= 0.6 is 0 Å². The molecule has 1 aliphatic heterocycles. The molecular weight excluding hydrogens is 361 g/mol. The van der Waals surface area contributed by atoms with Gasteiger partial charge in [-0.15, -0.1) is 0 Å². The number of alkyl halides is 3. The molecule has 1 heterocycles. The number of hydrogen-bond acceptors (Lipinski definition) is 4. The molecule has 2 N–H and O–H groups in total. The Morgan fingerprint density at radius 2 is 1.72 bits per heavy atom. The lowest BCUT2D eigenvalue weighted by atomic mass is 9.89. The van der Waals surface area contributed by atoms with Gasteiger partial charge in [0, 0.05) is 7.05 Å². The smallest absolute Gasteiger partial charge is 0.475 e. The highest BCUT2D eigenvalue weighted by Crippen LogP contribution is 2.33. The maximum atomic E-state index is 11.7. The number of carbonyl (C=O) groups is 1. The van der Waals surface area contributed by atoms with E-state index in [0.717, 1.165) is 37.2 Å². The number of anilines is 1. The van der Waals surface area contributed by atoms with Gasteiger partial charge in [-0.25, -0.2) is 13.2 Å². The number of carboxylic acids is 1. The number of aliphatic carboxylic acids is 1. The third-order valence-electron chi connectivity index (χ3n) is 3.79. The van der Waals surface area contributed by atoms with Gasteiger partial charge in [0.05, 0.1) is 11.9 Å².